The first-order chi connectivity index (χ1) is 29.5. The zero-order chi connectivity index (χ0) is 39.7. The van der Waals surface area contributed by atoms with Crippen LogP contribution in [-0.4, -0.2) is 24.1 Å². The lowest BCUT2D eigenvalue weighted by atomic mass is 9.82. The van der Waals surface area contributed by atoms with Gasteiger partial charge in [-0.3, -0.25) is 4.57 Å². The van der Waals surface area contributed by atoms with Crippen LogP contribution < -0.4 is 0 Å². The molecular formula is C54H35N5O. The van der Waals surface area contributed by atoms with Crippen LogP contribution in [0.15, 0.2) is 180 Å². The summed E-state index contributed by atoms with van der Waals surface area (Å²) in [4.78, 5) is 15.9. The van der Waals surface area contributed by atoms with Crippen LogP contribution in [0.25, 0.3) is 111 Å². The van der Waals surface area contributed by atoms with E-state index >= 15 is 0 Å². The Labute approximate surface area is 344 Å². The number of benzene rings is 8. The van der Waals surface area contributed by atoms with Crippen molar-refractivity contribution in [2.45, 2.75) is 19.3 Å². The summed E-state index contributed by atoms with van der Waals surface area (Å²) in [6, 6.07) is 62.3. The van der Waals surface area contributed by atoms with Crippen molar-refractivity contribution in [1.29, 1.82) is 0 Å². The van der Waals surface area contributed by atoms with Crippen molar-refractivity contribution >= 4 is 65.6 Å². The van der Waals surface area contributed by atoms with Crippen LogP contribution in [0.2, 0.25) is 0 Å². The van der Waals surface area contributed by atoms with E-state index in [4.69, 9.17) is 19.4 Å². The molecule has 1 aliphatic carbocycles. The maximum Gasteiger partial charge on any atom is 0.238 e. The molecule has 0 N–H and O–H groups in total. The number of furan rings is 1. The van der Waals surface area contributed by atoms with Crippen molar-refractivity contribution < 1.29 is 4.42 Å². The van der Waals surface area contributed by atoms with Gasteiger partial charge in [-0.15, -0.1) is 0 Å². The molecule has 4 aromatic heterocycles. The highest BCUT2D eigenvalue weighted by atomic mass is 16.3. The molecule has 8 aromatic carbocycles. The lowest BCUT2D eigenvalue weighted by Crippen LogP contribution is -2.14. The molecule has 282 valence electrons. The zero-order valence-electron chi connectivity index (χ0n) is 32.9. The fourth-order valence-electron chi connectivity index (χ4n) is 10.0. The van der Waals surface area contributed by atoms with Gasteiger partial charge in [0.2, 0.25) is 5.95 Å². The third-order valence-electron chi connectivity index (χ3n) is 12.8. The third kappa shape index (κ3) is 4.56. The van der Waals surface area contributed by atoms with E-state index in [1.54, 1.807) is 0 Å². The first-order valence-corrected chi connectivity index (χ1v) is 20.4. The Kier molecular flexibility index (Phi) is 6.69. The largest absolute Gasteiger partial charge is 0.456 e. The molecule has 6 heteroatoms. The van der Waals surface area contributed by atoms with E-state index in [0.717, 1.165) is 66.1 Å². The molecule has 6 nitrogen and oxygen atoms in total. The van der Waals surface area contributed by atoms with Crippen molar-refractivity contribution in [2.24, 2.45) is 0 Å². The number of aromatic nitrogens is 5. The third-order valence-corrected chi connectivity index (χ3v) is 12.8. The average molecular weight is 770 g/mol. The Morgan fingerprint density at radius 3 is 1.77 bits per heavy atom. The highest BCUT2D eigenvalue weighted by molar-refractivity contribution is 6.16. The molecule has 0 spiro atoms. The molecule has 0 atom stereocenters. The summed E-state index contributed by atoms with van der Waals surface area (Å²) in [7, 11) is 0. The average Bonchev–Trinajstić information content (AvgIpc) is 4.01. The zero-order valence-corrected chi connectivity index (χ0v) is 32.9. The number of hydrogen-bond acceptors (Lipinski definition) is 4. The molecule has 0 unspecified atom stereocenters. The predicted molar refractivity (Wildman–Crippen MR) is 244 cm³/mol. The van der Waals surface area contributed by atoms with Gasteiger partial charge in [-0.05, 0) is 65.2 Å². The Morgan fingerprint density at radius 1 is 0.433 bits per heavy atom. The van der Waals surface area contributed by atoms with Crippen molar-refractivity contribution in [2.75, 3.05) is 0 Å². The molecule has 0 saturated carbocycles. The standard InChI is InChI=1S/C54H35N5O/c1-54(2)42-21-8-3-20-41(42)49-43(54)29-28-40-37-18-6-9-22-44(37)58(50(40)49)34-15-13-14-32(30-34)51-55-52(33-26-27-39-38-19-7-12-25-47(38)60-48(39)31-33)57-53(56-51)59-45-23-10-4-16-35(45)36-17-5-11-24-46(36)59/h3-31H,1-2H3. The lowest BCUT2D eigenvalue weighted by molar-refractivity contribution is 0.661. The second kappa shape index (κ2) is 12.1. The minimum Gasteiger partial charge on any atom is -0.456 e. The highest BCUT2D eigenvalue weighted by Gasteiger charge is 2.37. The van der Waals surface area contributed by atoms with Gasteiger partial charge in [0.1, 0.15) is 11.2 Å². The van der Waals surface area contributed by atoms with E-state index in [-0.39, 0.29) is 5.41 Å². The second-order valence-corrected chi connectivity index (χ2v) is 16.4. The molecule has 13 rings (SSSR count). The maximum absolute atomic E-state index is 6.36. The quantitative estimate of drug-likeness (QED) is 0.179. The molecule has 0 radical (unpaired) electrons. The normalized spacial score (nSPS) is 13.3. The van der Waals surface area contributed by atoms with Crippen molar-refractivity contribution in [1.82, 2.24) is 24.1 Å². The van der Waals surface area contributed by atoms with Gasteiger partial charge in [0, 0.05) is 60.1 Å². The molecule has 12 aromatic rings. The molecule has 0 amide bonds. The first kappa shape index (κ1) is 33.2. The molecule has 1 aliphatic rings. The second-order valence-electron chi connectivity index (χ2n) is 16.4. The monoisotopic (exact) mass is 769 g/mol. The summed E-state index contributed by atoms with van der Waals surface area (Å²) in [5.41, 5.74) is 14.0. The Morgan fingerprint density at radius 2 is 1.02 bits per heavy atom. The van der Waals surface area contributed by atoms with Crippen LogP contribution in [0.4, 0.5) is 0 Å². The first-order valence-electron chi connectivity index (χ1n) is 20.4. The number of fused-ring (bicyclic) bond motifs is 13. The number of para-hydroxylation sites is 4. The molecule has 0 aliphatic heterocycles. The summed E-state index contributed by atoms with van der Waals surface area (Å²) in [5.74, 6) is 1.70. The van der Waals surface area contributed by atoms with E-state index in [0.29, 0.717) is 17.6 Å². The van der Waals surface area contributed by atoms with Crippen LogP contribution in [0.1, 0.15) is 25.0 Å². The van der Waals surface area contributed by atoms with Crippen molar-refractivity contribution in [3.8, 4) is 45.5 Å². The van der Waals surface area contributed by atoms with Gasteiger partial charge in [0.25, 0.3) is 0 Å². The van der Waals surface area contributed by atoms with E-state index in [9.17, 15) is 0 Å². The summed E-state index contributed by atoms with van der Waals surface area (Å²) in [6.07, 6.45) is 0. The molecule has 4 heterocycles. The van der Waals surface area contributed by atoms with Crippen LogP contribution in [-0.2, 0) is 5.41 Å². The fourth-order valence-corrected chi connectivity index (χ4v) is 10.0. The van der Waals surface area contributed by atoms with Gasteiger partial charge in [0.05, 0.1) is 22.1 Å². The molecule has 0 bridgehead atoms. The number of hydrogen-bond donors (Lipinski definition) is 0. The predicted octanol–water partition coefficient (Wildman–Crippen LogP) is 13.6. The Bertz CT molecular complexity index is 3720. The van der Waals surface area contributed by atoms with Crippen LogP contribution in [0.3, 0.4) is 0 Å². The van der Waals surface area contributed by atoms with Gasteiger partial charge in [-0.25, -0.2) is 4.98 Å². The van der Waals surface area contributed by atoms with Crippen LogP contribution >= 0.6 is 0 Å². The minimum absolute atomic E-state index is 0.126. The maximum atomic E-state index is 6.36. The summed E-state index contributed by atoms with van der Waals surface area (Å²) >= 11 is 0. The number of rotatable bonds is 4. The Hall–Kier alpha value is -7.83. The molecule has 60 heavy (non-hydrogen) atoms. The molecule has 0 fully saturated rings. The van der Waals surface area contributed by atoms with Gasteiger partial charge in [-0.2, -0.15) is 9.97 Å². The van der Waals surface area contributed by atoms with Gasteiger partial charge < -0.3 is 8.98 Å². The Balaban J connectivity index is 1.07. The lowest BCUT2D eigenvalue weighted by Gasteiger charge is -2.21. The highest BCUT2D eigenvalue weighted by Crippen LogP contribution is 2.53. The van der Waals surface area contributed by atoms with E-state index in [1.807, 2.05) is 18.2 Å². The summed E-state index contributed by atoms with van der Waals surface area (Å²) < 4.78 is 11.0. The van der Waals surface area contributed by atoms with Crippen LogP contribution in [0, 0.1) is 0 Å². The van der Waals surface area contributed by atoms with Gasteiger partial charge in [0.15, 0.2) is 11.6 Å². The van der Waals surface area contributed by atoms with Crippen LogP contribution in [0.5, 0.6) is 0 Å². The van der Waals surface area contributed by atoms with Crippen molar-refractivity contribution in [3.05, 3.63) is 187 Å². The van der Waals surface area contributed by atoms with E-state index in [1.165, 1.54) is 38.5 Å². The van der Waals surface area contributed by atoms with E-state index < -0.39 is 0 Å². The van der Waals surface area contributed by atoms with Gasteiger partial charge >= 0.3 is 0 Å². The molecular weight excluding hydrogens is 735 g/mol. The smallest absolute Gasteiger partial charge is 0.238 e. The van der Waals surface area contributed by atoms with Crippen molar-refractivity contribution in [3.63, 3.8) is 0 Å². The molecule has 0 saturated heterocycles. The minimum atomic E-state index is -0.126. The van der Waals surface area contributed by atoms with Gasteiger partial charge in [-0.1, -0.05) is 141 Å². The fraction of sp³-hybridized carbons (Fsp3) is 0.0556. The topological polar surface area (TPSA) is 61.7 Å². The van der Waals surface area contributed by atoms with E-state index in [2.05, 4.69) is 181 Å². The summed E-state index contributed by atoms with van der Waals surface area (Å²) in [6.45, 7) is 4.69. The SMILES string of the molecule is CC1(C)c2ccccc2-c2c1ccc1c3ccccc3n(-c3cccc(-c4nc(-c5ccc6c(c5)oc5ccccc56)nc(-n5c6ccccc6c6ccccc65)n4)c3)c21. The number of nitrogens with zero attached hydrogens (tertiary/aromatic N) is 5. The summed E-state index contributed by atoms with van der Waals surface area (Å²) in [5, 5.41) is 6.89.